The minimum Gasteiger partial charge on any atom is -0.140 e. The topological polar surface area (TPSA) is 0 Å². The van der Waals surface area contributed by atoms with Crippen molar-refractivity contribution < 1.29 is 0 Å². The maximum Gasteiger partial charge on any atom is 0.0546 e. The smallest absolute Gasteiger partial charge is 0.0546 e. The molecule has 0 atom stereocenters. The largest absolute Gasteiger partial charge is 0.140 e. The molecule has 13 heavy (non-hydrogen) atoms. The molecule has 2 aromatic rings. The van der Waals surface area contributed by atoms with Gasteiger partial charge in [0.15, 0.2) is 0 Å². The minimum absolute atomic E-state index is 0.855. The Labute approximate surface area is 100 Å². The van der Waals surface area contributed by atoms with Gasteiger partial charge < -0.3 is 0 Å². The summed E-state index contributed by atoms with van der Waals surface area (Å²) in [6, 6.07) is 6.32. The Morgan fingerprint density at radius 2 is 2.23 bits per heavy atom. The average molecular weight is 323 g/mol. The summed E-state index contributed by atoms with van der Waals surface area (Å²) in [4.78, 5) is 1.43. The summed E-state index contributed by atoms with van der Waals surface area (Å²) in [6.07, 6.45) is 1.10. The van der Waals surface area contributed by atoms with Gasteiger partial charge in [0.25, 0.3) is 0 Å². The van der Waals surface area contributed by atoms with Crippen LogP contribution in [-0.4, -0.2) is 0 Å². The van der Waals surface area contributed by atoms with E-state index in [9.17, 15) is 0 Å². The van der Waals surface area contributed by atoms with Gasteiger partial charge in [-0.2, -0.15) is 0 Å². The van der Waals surface area contributed by atoms with E-state index in [1.807, 2.05) is 17.4 Å². The predicted molar refractivity (Wildman–Crippen MR) is 68.9 cm³/mol. The molecule has 0 aliphatic rings. The summed E-state index contributed by atoms with van der Waals surface area (Å²) in [5.41, 5.74) is 0. The van der Waals surface area contributed by atoms with E-state index in [4.69, 9.17) is 11.6 Å². The number of hydrogen-bond donors (Lipinski definition) is 0. The van der Waals surface area contributed by atoms with E-state index in [-0.39, 0.29) is 0 Å². The van der Waals surface area contributed by atoms with Crippen LogP contribution in [-0.2, 0) is 6.42 Å². The van der Waals surface area contributed by atoms with E-state index >= 15 is 0 Å². The Morgan fingerprint density at radius 3 is 2.92 bits per heavy atom. The van der Waals surface area contributed by atoms with E-state index in [0.717, 1.165) is 11.4 Å². The quantitative estimate of drug-likeness (QED) is 0.666. The molecular weight excluding hydrogens is 315 g/mol. The molecule has 1 aromatic heterocycles. The molecule has 2 rings (SSSR count). The summed E-state index contributed by atoms with van der Waals surface area (Å²) in [5, 5.41) is 2.16. The number of halogens is 2. The fourth-order valence-corrected chi connectivity index (χ4v) is 3.26. The summed E-state index contributed by atoms with van der Waals surface area (Å²) < 4.78 is 2.51. The Hall–Kier alpha value is 0.200. The average Bonchev–Trinajstić information content (AvgIpc) is 2.55. The van der Waals surface area contributed by atoms with Crippen LogP contribution in [0.25, 0.3) is 10.1 Å². The Balaban J connectivity index is 2.76. The van der Waals surface area contributed by atoms with Gasteiger partial charge in [0.2, 0.25) is 0 Å². The van der Waals surface area contributed by atoms with E-state index in [2.05, 4.69) is 41.6 Å². The molecule has 0 radical (unpaired) electrons. The number of aryl methyl sites for hydroxylation is 1. The minimum atomic E-state index is 0.855. The molecule has 1 aromatic carbocycles. The standard InChI is InChI=1S/C10H8ClIS/c1-2-6-5-7-9(13-6)4-3-8(11)10(7)12/h3-5H,2H2,1H3. The van der Waals surface area contributed by atoms with Crippen molar-refractivity contribution in [2.45, 2.75) is 13.3 Å². The van der Waals surface area contributed by atoms with Crippen LogP contribution in [0.3, 0.4) is 0 Å². The second-order valence-electron chi connectivity index (χ2n) is 2.84. The third-order valence-electron chi connectivity index (χ3n) is 1.99. The second kappa shape index (κ2) is 3.75. The van der Waals surface area contributed by atoms with Gasteiger partial charge in [0.05, 0.1) is 5.02 Å². The molecular formula is C10H8ClIS. The van der Waals surface area contributed by atoms with Crippen LogP contribution in [0.15, 0.2) is 18.2 Å². The van der Waals surface area contributed by atoms with Crippen LogP contribution >= 0.6 is 45.5 Å². The first-order chi connectivity index (χ1) is 6.22. The van der Waals surface area contributed by atoms with Gasteiger partial charge >= 0.3 is 0 Å². The lowest BCUT2D eigenvalue weighted by Crippen LogP contribution is -1.73. The molecule has 0 saturated carbocycles. The maximum absolute atomic E-state index is 6.04. The van der Waals surface area contributed by atoms with Crippen LogP contribution in [0.4, 0.5) is 0 Å². The first-order valence-corrected chi connectivity index (χ1v) is 6.36. The molecule has 3 heteroatoms. The third kappa shape index (κ3) is 1.72. The summed E-state index contributed by atoms with van der Waals surface area (Å²) in [6.45, 7) is 2.18. The van der Waals surface area contributed by atoms with Crippen molar-refractivity contribution >= 4 is 55.6 Å². The van der Waals surface area contributed by atoms with Crippen molar-refractivity contribution in [2.75, 3.05) is 0 Å². The Bertz CT molecular complexity index is 447. The molecule has 0 fully saturated rings. The predicted octanol–water partition coefficient (Wildman–Crippen LogP) is 4.72. The number of benzene rings is 1. The van der Waals surface area contributed by atoms with Crippen LogP contribution in [0, 0.1) is 3.57 Å². The van der Waals surface area contributed by atoms with Gasteiger partial charge in [-0.25, -0.2) is 0 Å². The van der Waals surface area contributed by atoms with E-state index in [1.165, 1.54) is 18.5 Å². The molecule has 68 valence electrons. The summed E-state index contributed by atoms with van der Waals surface area (Å²) >= 11 is 10.2. The van der Waals surface area contributed by atoms with Crippen molar-refractivity contribution in [3.05, 3.63) is 31.7 Å². The monoisotopic (exact) mass is 322 g/mol. The molecule has 0 spiro atoms. The van der Waals surface area contributed by atoms with Crippen molar-refractivity contribution in [3.8, 4) is 0 Å². The zero-order valence-electron chi connectivity index (χ0n) is 7.10. The van der Waals surface area contributed by atoms with Gasteiger partial charge in [-0.05, 0) is 47.2 Å². The van der Waals surface area contributed by atoms with Crippen LogP contribution < -0.4 is 0 Å². The van der Waals surface area contributed by atoms with Gasteiger partial charge in [-0.3, -0.25) is 0 Å². The lowest BCUT2D eigenvalue weighted by Gasteiger charge is -1.95. The molecule has 0 nitrogen and oxygen atoms in total. The molecule has 0 aliphatic heterocycles. The SMILES string of the molecule is CCc1cc2c(I)c(Cl)ccc2s1. The van der Waals surface area contributed by atoms with Crippen molar-refractivity contribution in [1.82, 2.24) is 0 Å². The zero-order valence-corrected chi connectivity index (χ0v) is 10.8. The van der Waals surface area contributed by atoms with Crippen LogP contribution in [0.2, 0.25) is 5.02 Å². The Morgan fingerprint density at radius 1 is 1.46 bits per heavy atom. The number of rotatable bonds is 1. The molecule has 0 N–H and O–H groups in total. The molecule has 1 heterocycles. The molecule has 0 saturated heterocycles. The third-order valence-corrected chi connectivity index (χ3v) is 5.03. The lowest BCUT2D eigenvalue weighted by molar-refractivity contribution is 1.19. The fraction of sp³-hybridized carbons (Fsp3) is 0.200. The van der Waals surface area contributed by atoms with Gasteiger partial charge in [0, 0.05) is 18.5 Å². The molecule has 0 unspecified atom stereocenters. The van der Waals surface area contributed by atoms with Crippen LogP contribution in [0.5, 0.6) is 0 Å². The first kappa shape index (κ1) is 9.74. The van der Waals surface area contributed by atoms with E-state index in [0.29, 0.717) is 0 Å². The fourth-order valence-electron chi connectivity index (χ4n) is 1.28. The second-order valence-corrected chi connectivity index (χ2v) is 5.49. The van der Waals surface area contributed by atoms with Crippen molar-refractivity contribution in [1.29, 1.82) is 0 Å². The molecule has 0 amide bonds. The number of thiophene rings is 1. The van der Waals surface area contributed by atoms with E-state index in [1.54, 1.807) is 0 Å². The van der Waals surface area contributed by atoms with Gasteiger partial charge in [-0.1, -0.05) is 18.5 Å². The zero-order chi connectivity index (χ0) is 9.42. The highest BCUT2D eigenvalue weighted by molar-refractivity contribution is 14.1. The van der Waals surface area contributed by atoms with Gasteiger partial charge in [-0.15, -0.1) is 11.3 Å². The summed E-state index contributed by atoms with van der Waals surface area (Å²) in [5.74, 6) is 0. The van der Waals surface area contributed by atoms with Crippen LogP contribution in [0.1, 0.15) is 11.8 Å². The normalized spacial score (nSPS) is 11.0. The first-order valence-electron chi connectivity index (χ1n) is 4.08. The lowest BCUT2D eigenvalue weighted by atomic mass is 10.2. The van der Waals surface area contributed by atoms with Crippen molar-refractivity contribution in [2.24, 2.45) is 0 Å². The highest BCUT2D eigenvalue weighted by Gasteiger charge is 2.06. The highest BCUT2D eigenvalue weighted by Crippen LogP contribution is 2.33. The number of fused-ring (bicyclic) bond motifs is 1. The molecule has 0 aliphatic carbocycles. The van der Waals surface area contributed by atoms with Gasteiger partial charge in [0.1, 0.15) is 0 Å². The molecule has 0 bridgehead atoms. The number of hydrogen-bond acceptors (Lipinski definition) is 1. The highest BCUT2D eigenvalue weighted by atomic mass is 127. The maximum atomic E-state index is 6.04. The van der Waals surface area contributed by atoms with Crippen molar-refractivity contribution in [3.63, 3.8) is 0 Å². The summed E-state index contributed by atoms with van der Waals surface area (Å²) in [7, 11) is 0. The Kier molecular flexibility index (Phi) is 2.81. The van der Waals surface area contributed by atoms with E-state index < -0.39 is 0 Å².